The molecule has 6 nitrogen and oxygen atoms in total. The molecule has 1 fully saturated rings. The molecule has 0 aliphatic carbocycles. The van der Waals surface area contributed by atoms with Crippen molar-refractivity contribution in [3.8, 4) is 6.07 Å². The molecule has 1 heterocycles. The number of hydrogen-bond acceptors (Lipinski definition) is 4. The van der Waals surface area contributed by atoms with Crippen LogP contribution in [0.4, 0.5) is 0 Å². The van der Waals surface area contributed by atoms with Gasteiger partial charge in [-0.2, -0.15) is 9.57 Å². The van der Waals surface area contributed by atoms with Crippen LogP contribution in [0.2, 0.25) is 10.0 Å². The number of hydrogen-bond donors (Lipinski definition) is 0. The van der Waals surface area contributed by atoms with Gasteiger partial charge in [-0.3, -0.25) is 4.79 Å². The maximum Gasteiger partial charge on any atom is 0.244 e. The number of benzene rings is 1. The Kier molecular flexibility index (Phi) is 6.92. The van der Waals surface area contributed by atoms with E-state index in [0.717, 1.165) is 0 Å². The zero-order valence-electron chi connectivity index (χ0n) is 14.7. The first kappa shape index (κ1) is 21.0. The zero-order chi connectivity index (χ0) is 19.5. The molecule has 9 heteroatoms. The number of amides is 1. The lowest BCUT2D eigenvalue weighted by molar-refractivity contribution is -0.137. The van der Waals surface area contributed by atoms with E-state index in [4.69, 9.17) is 28.5 Å². The minimum absolute atomic E-state index is 0.0174. The van der Waals surface area contributed by atoms with E-state index in [-0.39, 0.29) is 47.3 Å². The Hall–Kier alpha value is -1.33. The summed E-state index contributed by atoms with van der Waals surface area (Å²) < 4.78 is 27.0. The Morgan fingerprint density at radius 2 is 2.00 bits per heavy atom. The third-order valence-corrected chi connectivity index (χ3v) is 7.33. The molecule has 0 radical (unpaired) electrons. The van der Waals surface area contributed by atoms with E-state index >= 15 is 0 Å². The van der Waals surface area contributed by atoms with Crippen LogP contribution in [0.5, 0.6) is 0 Å². The van der Waals surface area contributed by atoms with Crippen LogP contribution < -0.4 is 0 Å². The molecule has 0 spiro atoms. The van der Waals surface area contributed by atoms with Crippen LogP contribution in [0.25, 0.3) is 0 Å². The summed E-state index contributed by atoms with van der Waals surface area (Å²) >= 11 is 11.9. The molecule has 142 valence electrons. The second-order valence-corrected chi connectivity index (χ2v) is 9.16. The molecule has 1 saturated heterocycles. The summed E-state index contributed by atoms with van der Waals surface area (Å²) in [4.78, 5) is 14.1. The van der Waals surface area contributed by atoms with Crippen molar-refractivity contribution < 1.29 is 13.2 Å². The average Bonchev–Trinajstić information content (AvgIpc) is 2.62. The Bertz CT molecular complexity index is 815. The minimum Gasteiger partial charge on any atom is -0.342 e. The Balaban J connectivity index is 2.07. The number of sulfonamides is 1. The standard InChI is InChI=1S/C17H21Cl2N3O3S/c1-12(5-8-20)21(2)17(23)13-6-9-22(10-7-13)26(24,25)16-11-14(18)3-4-15(16)19/h3-4,11-13H,5-7,9-10H2,1-2H3. The molecule has 0 N–H and O–H groups in total. The van der Waals surface area contributed by atoms with Crippen molar-refractivity contribution in [1.29, 1.82) is 5.26 Å². The summed E-state index contributed by atoms with van der Waals surface area (Å²) in [5, 5.41) is 9.19. The van der Waals surface area contributed by atoms with Crippen LogP contribution in [-0.2, 0) is 14.8 Å². The van der Waals surface area contributed by atoms with Crippen molar-refractivity contribution in [2.45, 2.75) is 37.1 Å². The fraction of sp³-hybridized carbons (Fsp3) is 0.529. The minimum atomic E-state index is -3.76. The molecule has 1 aliphatic heterocycles. The van der Waals surface area contributed by atoms with Crippen LogP contribution in [0, 0.1) is 17.2 Å². The molecular weight excluding hydrogens is 397 g/mol. The first-order valence-electron chi connectivity index (χ1n) is 8.27. The van der Waals surface area contributed by atoms with Gasteiger partial charge in [0.1, 0.15) is 4.90 Å². The molecule has 0 saturated carbocycles. The number of rotatable bonds is 5. The van der Waals surface area contributed by atoms with Crippen molar-refractivity contribution in [1.82, 2.24) is 9.21 Å². The van der Waals surface area contributed by atoms with Gasteiger partial charge in [0.25, 0.3) is 0 Å². The van der Waals surface area contributed by atoms with Crippen molar-refractivity contribution >= 4 is 39.1 Å². The quantitative estimate of drug-likeness (QED) is 0.736. The zero-order valence-corrected chi connectivity index (χ0v) is 17.0. The van der Waals surface area contributed by atoms with Crippen LogP contribution in [0.3, 0.4) is 0 Å². The predicted molar refractivity (Wildman–Crippen MR) is 100 cm³/mol. The largest absolute Gasteiger partial charge is 0.342 e. The van der Waals surface area contributed by atoms with E-state index in [1.807, 2.05) is 6.92 Å². The third-order valence-electron chi connectivity index (χ3n) is 4.71. The highest BCUT2D eigenvalue weighted by atomic mass is 35.5. The number of carbonyl (C=O) groups is 1. The van der Waals surface area contributed by atoms with Gasteiger partial charge in [0.05, 0.1) is 17.5 Å². The van der Waals surface area contributed by atoms with Gasteiger partial charge in [-0.1, -0.05) is 23.2 Å². The summed E-state index contributed by atoms with van der Waals surface area (Å²) in [6, 6.07) is 6.22. The molecule has 1 aliphatic rings. The first-order valence-corrected chi connectivity index (χ1v) is 10.5. The van der Waals surface area contributed by atoms with Gasteiger partial charge in [0.15, 0.2) is 0 Å². The van der Waals surface area contributed by atoms with Crippen molar-refractivity contribution in [2.24, 2.45) is 5.92 Å². The highest BCUT2D eigenvalue weighted by Crippen LogP contribution is 2.30. The van der Waals surface area contributed by atoms with E-state index in [1.54, 1.807) is 11.9 Å². The van der Waals surface area contributed by atoms with E-state index < -0.39 is 10.0 Å². The molecule has 2 rings (SSSR count). The molecule has 0 bridgehead atoms. The monoisotopic (exact) mass is 417 g/mol. The van der Waals surface area contributed by atoms with Gasteiger partial charge >= 0.3 is 0 Å². The van der Waals surface area contributed by atoms with Crippen LogP contribution in [0.15, 0.2) is 23.1 Å². The topological polar surface area (TPSA) is 81.5 Å². The second-order valence-electron chi connectivity index (χ2n) is 6.41. The van der Waals surface area contributed by atoms with Crippen LogP contribution in [-0.4, -0.2) is 49.7 Å². The van der Waals surface area contributed by atoms with Crippen LogP contribution in [0.1, 0.15) is 26.2 Å². The fourth-order valence-electron chi connectivity index (χ4n) is 2.93. The number of nitrogens with zero attached hydrogens (tertiary/aromatic N) is 3. The third kappa shape index (κ3) is 4.49. The predicted octanol–water partition coefficient (Wildman–Crippen LogP) is 3.15. The molecular formula is C17H21Cl2N3O3S. The highest BCUT2D eigenvalue weighted by Gasteiger charge is 2.34. The normalized spacial score (nSPS) is 17.5. The Morgan fingerprint density at radius 1 is 1.38 bits per heavy atom. The van der Waals surface area contributed by atoms with E-state index in [1.165, 1.54) is 22.5 Å². The second kappa shape index (κ2) is 8.57. The summed E-state index contributed by atoms with van der Waals surface area (Å²) in [5.74, 6) is -0.298. The summed E-state index contributed by atoms with van der Waals surface area (Å²) in [6.45, 7) is 2.30. The van der Waals surface area contributed by atoms with Crippen LogP contribution >= 0.6 is 23.2 Å². The fourth-order valence-corrected chi connectivity index (χ4v) is 5.14. The smallest absolute Gasteiger partial charge is 0.244 e. The van der Waals surface area contributed by atoms with Gasteiger partial charge in [-0.05, 0) is 38.0 Å². The lowest BCUT2D eigenvalue weighted by atomic mass is 9.96. The first-order chi connectivity index (χ1) is 12.2. The number of piperidine rings is 1. The van der Waals surface area contributed by atoms with Crippen molar-refractivity contribution in [3.05, 3.63) is 28.2 Å². The highest BCUT2D eigenvalue weighted by molar-refractivity contribution is 7.89. The summed E-state index contributed by atoms with van der Waals surface area (Å²) in [7, 11) is -2.08. The van der Waals surface area contributed by atoms with Gasteiger partial charge < -0.3 is 4.90 Å². The lowest BCUT2D eigenvalue weighted by Gasteiger charge is -2.34. The molecule has 0 aromatic heterocycles. The molecule has 1 atom stereocenters. The van der Waals surface area contributed by atoms with E-state index in [9.17, 15) is 13.2 Å². The Morgan fingerprint density at radius 3 is 2.58 bits per heavy atom. The maximum absolute atomic E-state index is 12.8. The van der Waals surface area contributed by atoms with Crippen molar-refractivity contribution in [3.63, 3.8) is 0 Å². The molecule has 26 heavy (non-hydrogen) atoms. The SMILES string of the molecule is CC(CC#N)N(C)C(=O)C1CCN(S(=O)(=O)c2cc(Cl)ccc2Cl)CC1. The lowest BCUT2D eigenvalue weighted by Crippen LogP contribution is -2.45. The average molecular weight is 418 g/mol. The van der Waals surface area contributed by atoms with Crippen molar-refractivity contribution in [2.75, 3.05) is 20.1 Å². The van der Waals surface area contributed by atoms with Gasteiger partial charge in [0.2, 0.25) is 15.9 Å². The molecule has 1 aromatic rings. The summed E-state index contributed by atoms with van der Waals surface area (Å²) in [6.07, 6.45) is 1.13. The van der Waals surface area contributed by atoms with Gasteiger partial charge in [-0.25, -0.2) is 8.42 Å². The number of halogens is 2. The maximum atomic E-state index is 12.8. The number of nitriles is 1. The summed E-state index contributed by atoms with van der Waals surface area (Å²) in [5.41, 5.74) is 0. The molecule has 1 aromatic carbocycles. The molecule has 1 unspecified atom stereocenters. The van der Waals surface area contributed by atoms with E-state index in [0.29, 0.717) is 17.9 Å². The van der Waals surface area contributed by atoms with E-state index in [2.05, 4.69) is 6.07 Å². The number of carbonyl (C=O) groups excluding carboxylic acids is 1. The Labute approximate surface area is 164 Å². The van der Waals surface area contributed by atoms with Gasteiger partial charge in [-0.15, -0.1) is 0 Å². The van der Waals surface area contributed by atoms with Gasteiger partial charge in [0, 0.05) is 37.1 Å². The molecule has 1 amide bonds.